The first-order valence-electron chi connectivity index (χ1n) is 8.80. The van der Waals surface area contributed by atoms with Crippen LogP contribution in [0.3, 0.4) is 0 Å². The number of unbranched alkanes of at least 4 members (excludes halogenated alkanes) is 3. The van der Waals surface area contributed by atoms with Gasteiger partial charge in [-0.2, -0.15) is 0 Å². The van der Waals surface area contributed by atoms with Gasteiger partial charge in [0.2, 0.25) is 0 Å². The van der Waals surface area contributed by atoms with Gasteiger partial charge < -0.3 is 9.88 Å². The minimum Gasteiger partial charge on any atom is -0.368 e. The number of imidazole rings is 1. The van der Waals surface area contributed by atoms with Crippen molar-refractivity contribution in [1.29, 1.82) is 0 Å². The summed E-state index contributed by atoms with van der Waals surface area (Å²) in [6, 6.07) is 0. The molecule has 0 atom stereocenters. The number of aryl methyl sites for hydroxylation is 1. The maximum Gasteiger partial charge on any atom is 0.165 e. The van der Waals surface area contributed by atoms with Crippen molar-refractivity contribution in [2.45, 2.75) is 71.3 Å². The molecular formula is C17H28ClN5. The molecule has 0 aromatic carbocycles. The number of hydrogen-bond donors (Lipinski definition) is 1. The quantitative estimate of drug-likeness (QED) is 0.685. The molecule has 1 aliphatic carbocycles. The molecule has 3 aliphatic rings. The molecule has 1 fully saturated rings. The van der Waals surface area contributed by atoms with E-state index in [0.717, 1.165) is 42.7 Å². The van der Waals surface area contributed by atoms with E-state index in [9.17, 15) is 0 Å². The van der Waals surface area contributed by atoms with Crippen LogP contribution in [0.25, 0.3) is 11.5 Å². The molecule has 5 nitrogen and oxygen atoms in total. The van der Waals surface area contributed by atoms with Crippen molar-refractivity contribution in [2.75, 3.05) is 11.9 Å². The predicted octanol–water partition coefficient (Wildman–Crippen LogP) is 4.48. The molecule has 128 valence electrons. The molecule has 0 aromatic rings. The van der Waals surface area contributed by atoms with Crippen molar-refractivity contribution >= 4 is 18.2 Å². The highest BCUT2D eigenvalue weighted by molar-refractivity contribution is 5.85. The maximum atomic E-state index is 4.78. The Morgan fingerprint density at radius 3 is 2.65 bits per heavy atom. The Hall–Kier alpha value is -1.36. The van der Waals surface area contributed by atoms with Crippen LogP contribution in [-0.4, -0.2) is 26.1 Å². The number of aromatic nitrogens is 4. The lowest BCUT2D eigenvalue weighted by atomic mass is 10.2. The fourth-order valence-corrected chi connectivity index (χ4v) is 2.77. The predicted molar refractivity (Wildman–Crippen MR) is 96.6 cm³/mol. The molecule has 2 heterocycles. The summed E-state index contributed by atoms with van der Waals surface area (Å²) in [6.07, 6.45) is 10.5. The topological polar surface area (TPSA) is 55.6 Å². The lowest BCUT2D eigenvalue weighted by Crippen LogP contribution is -2.11. The van der Waals surface area contributed by atoms with Gasteiger partial charge in [0, 0.05) is 19.0 Å². The van der Waals surface area contributed by atoms with Crippen LogP contribution in [0.2, 0.25) is 0 Å². The van der Waals surface area contributed by atoms with Crippen LogP contribution in [0.4, 0.5) is 5.82 Å². The van der Waals surface area contributed by atoms with E-state index in [2.05, 4.69) is 28.7 Å². The molecule has 2 aliphatic heterocycles. The summed E-state index contributed by atoms with van der Waals surface area (Å²) in [6.45, 7) is 6.33. The average Bonchev–Trinajstić information content (AvgIpc) is 3.28. The number of anilines is 1. The first kappa shape index (κ1) is 18.0. The summed E-state index contributed by atoms with van der Waals surface area (Å²) in [4.78, 5) is 14.1. The molecule has 0 saturated heterocycles. The molecule has 0 unspecified atom stereocenters. The smallest absolute Gasteiger partial charge is 0.165 e. The molecule has 0 amide bonds. The van der Waals surface area contributed by atoms with Crippen LogP contribution in [0.1, 0.15) is 70.5 Å². The van der Waals surface area contributed by atoms with Crippen molar-refractivity contribution in [3.8, 4) is 11.5 Å². The number of hydrogen-bond acceptors (Lipinski definition) is 4. The Bertz CT molecular complexity index is 579. The van der Waals surface area contributed by atoms with Gasteiger partial charge in [-0.15, -0.1) is 12.4 Å². The Balaban J connectivity index is 0.00000192. The average molecular weight is 338 g/mol. The van der Waals surface area contributed by atoms with Gasteiger partial charge in [0.05, 0.1) is 6.33 Å². The Kier molecular flexibility index (Phi) is 6.63. The fraction of sp³-hybridized carbons (Fsp3) is 0.706. The maximum absolute atomic E-state index is 4.78. The SMILES string of the molecule is CCCCCCNc1ncn(CCC)c2nc(C3CC3)nc1-2.Cl. The van der Waals surface area contributed by atoms with Crippen molar-refractivity contribution < 1.29 is 0 Å². The number of nitrogens with one attached hydrogen (secondary N) is 1. The highest BCUT2D eigenvalue weighted by atomic mass is 35.5. The van der Waals surface area contributed by atoms with Gasteiger partial charge in [-0.05, 0) is 25.7 Å². The van der Waals surface area contributed by atoms with Crippen molar-refractivity contribution in [3.05, 3.63) is 12.2 Å². The summed E-state index contributed by atoms with van der Waals surface area (Å²) in [5.74, 6) is 3.50. The number of nitrogens with zero attached hydrogens (tertiary/aromatic N) is 4. The van der Waals surface area contributed by atoms with Crippen LogP contribution in [0.15, 0.2) is 6.33 Å². The minimum absolute atomic E-state index is 0. The van der Waals surface area contributed by atoms with Crippen LogP contribution in [0, 0.1) is 0 Å². The van der Waals surface area contributed by atoms with Crippen molar-refractivity contribution in [1.82, 2.24) is 19.5 Å². The number of fused-ring (bicyclic) bond motifs is 1. The van der Waals surface area contributed by atoms with Crippen LogP contribution < -0.4 is 5.32 Å². The van der Waals surface area contributed by atoms with E-state index in [1.54, 1.807) is 0 Å². The summed E-state index contributed by atoms with van der Waals surface area (Å²) < 4.78 is 2.14. The van der Waals surface area contributed by atoms with E-state index >= 15 is 0 Å². The van der Waals surface area contributed by atoms with E-state index in [-0.39, 0.29) is 12.4 Å². The first-order valence-corrected chi connectivity index (χ1v) is 8.80. The molecule has 0 aromatic heterocycles. The van der Waals surface area contributed by atoms with Gasteiger partial charge in [-0.25, -0.2) is 15.0 Å². The zero-order valence-corrected chi connectivity index (χ0v) is 15.0. The van der Waals surface area contributed by atoms with Crippen molar-refractivity contribution in [2.24, 2.45) is 0 Å². The highest BCUT2D eigenvalue weighted by Gasteiger charge is 2.30. The Morgan fingerprint density at radius 2 is 1.96 bits per heavy atom. The van der Waals surface area contributed by atoms with Gasteiger partial charge in [0.1, 0.15) is 5.82 Å². The summed E-state index contributed by atoms with van der Waals surface area (Å²) in [5, 5.41) is 3.46. The van der Waals surface area contributed by atoms with Gasteiger partial charge in [0.25, 0.3) is 0 Å². The van der Waals surface area contributed by atoms with Gasteiger partial charge in [0.15, 0.2) is 17.3 Å². The van der Waals surface area contributed by atoms with Crippen molar-refractivity contribution in [3.63, 3.8) is 0 Å². The van der Waals surface area contributed by atoms with Crippen LogP contribution >= 0.6 is 12.4 Å². The largest absolute Gasteiger partial charge is 0.368 e. The number of halogens is 1. The monoisotopic (exact) mass is 337 g/mol. The zero-order chi connectivity index (χ0) is 15.4. The van der Waals surface area contributed by atoms with Crippen LogP contribution in [0.5, 0.6) is 0 Å². The molecule has 1 saturated carbocycles. The van der Waals surface area contributed by atoms with E-state index in [4.69, 9.17) is 9.97 Å². The summed E-state index contributed by atoms with van der Waals surface area (Å²) >= 11 is 0. The lowest BCUT2D eigenvalue weighted by Gasteiger charge is -2.13. The van der Waals surface area contributed by atoms with E-state index < -0.39 is 0 Å². The van der Waals surface area contributed by atoms with Crippen LogP contribution in [-0.2, 0) is 6.54 Å². The zero-order valence-electron chi connectivity index (χ0n) is 14.2. The molecule has 6 heteroatoms. The molecule has 1 N–H and O–H groups in total. The molecule has 23 heavy (non-hydrogen) atoms. The Labute approximate surface area is 145 Å². The normalized spacial score (nSPS) is 14.0. The standard InChI is InChI=1S/C17H27N5.ClH/c1-3-5-6-7-10-18-16-14-17(22(11-4-2)12-19-16)21-15(20-14)13-8-9-13;/h12-13,18H,3-11H2,1-2H3;1H. The fourth-order valence-electron chi connectivity index (χ4n) is 2.77. The third-order valence-electron chi connectivity index (χ3n) is 4.21. The first-order chi connectivity index (χ1) is 10.8. The third-order valence-corrected chi connectivity index (χ3v) is 4.21. The molecule has 3 rings (SSSR count). The lowest BCUT2D eigenvalue weighted by molar-refractivity contribution is 0.657. The molecule has 0 bridgehead atoms. The highest BCUT2D eigenvalue weighted by Crippen LogP contribution is 2.40. The third kappa shape index (κ3) is 4.34. The second kappa shape index (κ2) is 8.48. The van der Waals surface area contributed by atoms with E-state index in [1.165, 1.54) is 38.5 Å². The summed E-state index contributed by atoms with van der Waals surface area (Å²) in [5.41, 5.74) is 0.952. The molecular weight excluding hydrogens is 310 g/mol. The van der Waals surface area contributed by atoms with Gasteiger partial charge >= 0.3 is 0 Å². The minimum atomic E-state index is 0. The van der Waals surface area contributed by atoms with Gasteiger partial charge in [-0.1, -0.05) is 33.1 Å². The number of rotatable bonds is 9. The second-order valence-corrected chi connectivity index (χ2v) is 6.30. The van der Waals surface area contributed by atoms with E-state index in [0.29, 0.717) is 5.92 Å². The summed E-state index contributed by atoms with van der Waals surface area (Å²) in [7, 11) is 0. The van der Waals surface area contributed by atoms with Gasteiger partial charge in [-0.3, -0.25) is 0 Å². The van der Waals surface area contributed by atoms with E-state index in [1.807, 2.05) is 6.33 Å². The molecule has 0 radical (unpaired) electrons. The Morgan fingerprint density at radius 1 is 1.13 bits per heavy atom. The molecule has 0 spiro atoms. The second-order valence-electron chi connectivity index (χ2n) is 6.30.